The monoisotopic (exact) mass is 168 g/mol. The Morgan fingerprint density at radius 3 is 2.91 bits per heavy atom. The summed E-state index contributed by atoms with van der Waals surface area (Å²) in [5.74, 6) is 0. The van der Waals surface area contributed by atoms with Crippen molar-refractivity contribution in [3.8, 4) is 0 Å². The van der Waals surface area contributed by atoms with Gasteiger partial charge in [0.1, 0.15) is 0 Å². The minimum atomic E-state index is -0.400. The lowest BCUT2D eigenvalue weighted by Gasteiger charge is -1.95. The molecule has 11 heavy (non-hydrogen) atoms. The Labute approximate surface area is 68.6 Å². The third kappa shape index (κ3) is 1.71. The number of rotatable bonds is 2. The van der Waals surface area contributed by atoms with Gasteiger partial charge in [-0.15, -0.1) is 11.8 Å². The van der Waals surface area contributed by atoms with E-state index in [1.54, 1.807) is 18.4 Å². The van der Waals surface area contributed by atoms with E-state index in [1.165, 1.54) is 17.8 Å². The maximum absolute atomic E-state index is 10.4. The van der Waals surface area contributed by atoms with Gasteiger partial charge >= 0.3 is 0 Å². The van der Waals surface area contributed by atoms with Crippen LogP contribution in [0.4, 0.5) is 5.69 Å². The van der Waals surface area contributed by atoms with Crippen LogP contribution in [-0.2, 0) is 0 Å². The van der Waals surface area contributed by atoms with Gasteiger partial charge in [0.25, 0.3) is 5.69 Å². The second kappa shape index (κ2) is 3.39. The largest absolute Gasteiger partial charge is 0.283 e. The maximum atomic E-state index is 10.4. The molecule has 0 saturated heterocycles. The van der Waals surface area contributed by atoms with E-state index in [-0.39, 0.29) is 5.69 Å². The van der Waals surface area contributed by atoms with Gasteiger partial charge in [-0.05, 0) is 6.26 Å². The number of benzene rings is 1. The molecule has 0 bridgehead atoms. The number of thioether (sulfide) groups is 1. The van der Waals surface area contributed by atoms with Crippen molar-refractivity contribution in [2.75, 3.05) is 6.26 Å². The molecule has 1 rings (SSSR count). The molecule has 57 valence electrons. The molecule has 0 aliphatic heterocycles. The van der Waals surface area contributed by atoms with Crippen molar-refractivity contribution in [1.29, 1.82) is 0 Å². The van der Waals surface area contributed by atoms with E-state index in [0.29, 0.717) is 4.90 Å². The zero-order valence-corrected chi connectivity index (χ0v) is 6.72. The third-order valence-corrected chi connectivity index (χ3v) is 1.93. The summed E-state index contributed by atoms with van der Waals surface area (Å²) in [6.07, 6.45) is 1.79. The van der Waals surface area contributed by atoms with Crippen LogP contribution < -0.4 is 0 Å². The summed E-state index contributed by atoms with van der Waals surface area (Å²) in [6.45, 7) is 0. The molecule has 0 aliphatic rings. The average Bonchev–Trinajstić information content (AvgIpc) is 2.04. The number of nitrogens with zero attached hydrogens (tertiary/aromatic N) is 1. The van der Waals surface area contributed by atoms with Crippen LogP contribution in [0.15, 0.2) is 23.1 Å². The topological polar surface area (TPSA) is 43.1 Å². The molecule has 0 unspecified atom stereocenters. The van der Waals surface area contributed by atoms with Crippen LogP contribution in [0.1, 0.15) is 0 Å². The van der Waals surface area contributed by atoms with Gasteiger partial charge in [0, 0.05) is 12.1 Å². The van der Waals surface area contributed by atoms with E-state index in [0.717, 1.165) is 0 Å². The summed E-state index contributed by atoms with van der Waals surface area (Å²) in [4.78, 5) is 10.5. The molecule has 3 nitrogen and oxygen atoms in total. The average molecular weight is 168 g/mol. The van der Waals surface area contributed by atoms with Gasteiger partial charge in [-0.25, -0.2) is 0 Å². The number of nitro groups is 1. The highest BCUT2D eigenvalue weighted by atomic mass is 32.2. The molecule has 1 aromatic carbocycles. The Kier molecular flexibility index (Phi) is 2.48. The van der Waals surface area contributed by atoms with Crippen molar-refractivity contribution >= 4 is 17.4 Å². The van der Waals surface area contributed by atoms with Gasteiger partial charge in [0.2, 0.25) is 0 Å². The fraction of sp³-hybridized carbons (Fsp3) is 0.143. The molecule has 1 radical (unpaired) electrons. The van der Waals surface area contributed by atoms with Crippen LogP contribution in [0.2, 0.25) is 0 Å². The van der Waals surface area contributed by atoms with Gasteiger partial charge < -0.3 is 0 Å². The molecule has 0 heterocycles. The van der Waals surface area contributed by atoms with Crippen LogP contribution in [0.25, 0.3) is 0 Å². The predicted molar refractivity (Wildman–Crippen MR) is 43.7 cm³/mol. The lowest BCUT2D eigenvalue weighted by atomic mass is 10.3. The molecule has 4 heteroatoms. The first-order chi connectivity index (χ1) is 5.25. The van der Waals surface area contributed by atoms with Crippen molar-refractivity contribution in [1.82, 2.24) is 0 Å². The van der Waals surface area contributed by atoms with Gasteiger partial charge in [-0.1, -0.05) is 12.1 Å². The molecule has 0 atom stereocenters. The van der Waals surface area contributed by atoms with Gasteiger partial charge in [0.15, 0.2) is 0 Å². The number of nitro benzene ring substituents is 1. The maximum Gasteiger partial charge on any atom is 0.283 e. The fourth-order valence-corrected chi connectivity index (χ4v) is 1.26. The van der Waals surface area contributed by atoms with Gasteiger partial charge in [-0.2, -0.15) is 0 Å². The smallest absolute Gasteiger partial charge is 0.258 e. The molecule has 0 aliphatic carbocycles. The Balaban J connectivity index is 3.12. The van der Waals surface area contributed by atoms with E-state index < -0.39 is 4.92 Å². The minimum Gasteiger partial charge on any atom is -0.258 e. The van der Waals surface area contributed by atoms with Gasteiger partial charge in [0.05, 0.1) is 9.82 Å². The van der Waals surface area contributed by atoms with Gasteiger partial charge in [-0.3, -0.25) is 10.1 Å². The molecule has 0 N–H and O–H groups in total. The Morgan fingerprint density at radius 1 is 1.73 bits per heavy atom. The first-order valence-corrected chi connectivity index (χ1v) is 4.17. The molecule has 1 aromatic rings. The molecule has 0 fully saturated rings. The molecule has 0 amide bonds. The number of hydrogen-bond acceptors (Lipinski definition) is 3. The Hall–Kier alpha value is -1.03. The molecule has 0 spiro atoms. The summed E-state index contributed by atoms with van der Waals surface area (Å²) in [7, 11) is 0. The predicted octanol–water partition coefficient (Wildman–Crippen LogP) is 2.12. The molecule has 0 aromatic heterocycles. The fourth-order valence-electron chi connectivity index (χ4n) is 0.720. The van der Waals surface area contributed by atoms with Crippen molar-refractivity contribution in [3.63, 3.8) is 0 Å². The van der Waals surface area contributed by atoms with E-state index in [4.69, 9.17) is 0 Å². The minimum absolute atomic E-state index is 0.125. The summed E-state index contributed by atoms with van der Waals surface area (Å²) in [5.41, 5.74) is 0.125. The SMILES string of the molecule is CSc1[c]cccc1[N+](=O)[O-]. The zero-order valence-electron chi connectivity index (χ0n) is 5.90. The highest BCUT2D eigenvalue weighted by Gasteiger charge is 2.10. The first-order valence-electron chi connectivity index (χ1n) is 2.95. The quantitative estimate of drug-likeness (QED) is 0.386. The molecule has 0 saturated carbocycles. The van der Waals surface area contributed by atoms with Crippen molar-refractivity contribution < 1.29 is 4.92 Å². The second-order valence-electron chi connectivity index (χ2n) is 1.85. The van der Waals surface area contributed by atoms with Crippen molar-refractivity contribution in [3.05, 3.63) is 34.4 Å². The highest BCUT2D eigenvalue weighted by Crippen LogP contribution is 2.25. The zero-order chi connectivity index (χ0) is 8.27. The van der Waals surface area contributed by atoms with Crippen LogP contribution in [0.3, 0.4) is 0 Å². The normalized spacial score (nSPS) is 9.55. The molecular weight excluding hydrogens is 162 g/mol. The van der Waals surface area contributed by atoms with E-state index in [1.807, 2.05) is 0 Å². The lowest BCUT2D eigenvalue weighted by Crippen LogP contribution is -1.89. The van der Waals surface area contributed by atoms with E-state index in [9.17, 15) is 10.1 Å². The van der Waals surface area contributed by atoms with Crippen LogP contribution in [-0.4, -0.2) is 11.2 Å². The standard InChI is InChI=1S/C7H6NO2S/c1-11-7-5-3-2-4-6(7)8(9)10/h2-4H,1H3. The van der Waals surface area contributed by atoms with E-state index in [2.05, 4.69) is 6.07 Å². The first kappa shape index (κ1) is 8.07. The molecular formula is C7H6NO2S. The summed E-state index contributed by atoms with van der Waals surface area (Å²) in [6, 6.07) is 7.54. The summed E-state index contributed by atoms with van der Waals surface area (Å²) in [5, 5.41) is 10.4. The Morgan fingerprint density at radius 2 is 2.45 bits per heavy atom. The third-order valence-electron chi connectivity index (χ3n) is 1.20. The number of hydrogen-bond donors (Lipinski definition) is 0. The summed E-state index contributed by atoms with van der Waals surface area (Å²) >= 11 is 1.33. The van der Waals surface area contributed by atoms with Crippen LogP contribution in [0.5, 0.6) is 0 Å². The van der Waals surface area contributed by atoms with Crippen LogP contribution >= 0.6 is 11.8 Å². The second-order valence-corrected chi connectivity index (χ2v) is 2.66. The highest BCUT2D eigenvalue weighted by molar-refractivity contribution is 7.98. The van der Waals surface area contributed by atoms with Crippen molar-refractivity contribution in [2.45, 2.75) is 4.90 Å². The lowest BCUT2D eigenvalue weighted by molar-refractivity contribution is -0.387. The Bertz CT molecular complexity index is 275. The van der Waals surface area contributed by atoms with Crippen LogP contribution in [0, 0.1) is 16.2 Å². The van der Waals surface area contributed by atoms with Crippen molar-refractivity contribution in [2.24, 2.45) is 0 Å². The van der Waals surface area contributed by atoms with E-state index >= 15 is 0 Å². The summed E-state index contributed by atoms with van der Waals surface area (Å²) < 4.78 is 0.